The van der Waals surface area contributed by atoms with Crippen molar-refractivity contribution in [3.05, 3.63) is 18.0 Å². The summed E-state index contributed by atoms with van der Waals surface area (Å²) in [6.07, 6.45) is 3.44. The Bertz CT molecular complexity index is 530. The van der Waals surface area contributed by atoms with Gasteiger partial charge in [-0.3, -0.25) is 14.3 Å². The summed E-state index contributed by atoms with van der Waals surface area (Å²) in [6.45, 7) is 2.34. The summed E-state index contributed by atoms with van der Waals surface area (Å²) in [5.74, 6) is -0.211. The van der Waals surface area contributed by atoms with Crippen molar-refractivity contribution in [2.24, 2.45) is 7.05 Å². The van der Waals surface area contributed by atoms with Gasteiger partial charge < -0.3 is 19.9 Å². The molecule has 1 aliphatic heterocycles. The third-order valence-electron chi connectivity index (χ3n) is 3.71. The van der Waals surface area contributed by atoms with Gasteiger partial charge >= 0.3 is 0 Å². The van der Waals surface area contributed by atoms with Crippen molar-refractivity contribution in [2.75, 3.05) is 46.9 Å². The van der Waals surface area contributed by atoms with E-state index >= 15 is 0 Å². The second-order valence-corrected chi connectivity index (χ2v) is 5.36. The molecule has 0 radical (unpaired) electrons. The maximum atomic E-state index is 12.5. The van der Waals surface area contributed by atoms with Crippen molar-refractivity contribution < 1.29 is 14.3 Å². The molecule has 8 nitrogen and oxygen atoms in total. The van der Waals surface area contributed by atoms with Crippen molar-refractivity contribution in [2.45, 2.75) is 6.04 Å². The first kappa shape index (κ1) is 19.4. The number of rotatable bonds is 5. The van der Waals surface area contributed by atoms with Crippen molar-refractivity contribution in [3.63, 3.8) is 0 Å². The predicted octanol–water partition coefficient (Wildman–Crippen LogP) is -0.580. The van der Waals surface area contributed by atoms with Crippen LogP contribution in [0.4, 0.5) is 0 Å². The zero-order valence-electron chi connectivity index (χ0n) is 13.7. The molecule has 23 heavy (non-hydrogen) atoms. The Morgan fingerprint density at radius 3 is 2.61 bits per heavy atom. The molecule has 1 aliphatic rings. The van der Waals surface area contributed by atoms with Gasteiger partial charge in [0.05, 0.1) is 26.0 Å². The fourth-order valence-corrected chi connectivity index (χ4v) is 2.44. The van der Waals surface area contributed by atoms with Crippen molar-refractivity contribution >= 4 is 24.2 Å². The van der Waals surface area contributed by atoms with Crippen molar-refractivity contribution in [1.29, 1.82) is 0 Å². The first-order valence-corrected chi connectivity index (χ1v) is 7.29. The first-order chi connectivity index (χ1) is 10.5. The Hall–Kier alpha value is -1.64. The number of carbonyl (C=O) groups is 2. The normalized spacial score (nSPS) is 15.7. The monoisotopic (exact) mass is 345 g/mol. The smallest absolute Gasteiger partial charge is 0.244 e. The second kappa shape index (κ2) is 8.85. The number of likely N-dealkylation sites (N-methyl/N-ethyl adjacent to an activating group) is 2. The van der Waals surface area contributed by atoms with Gasteiger partial charge in [-0.25, -0.2) is 0 Å². The number of aromatic nitrogens is 2. The molecule has 2 amide bonds. The Morgan fingerprint density at radius 1 is 1.43 bits per heavy atom. The molecule has 0 spiro atoms. The predicted molar refractivity (Wildman–Crippen MR) is 87.3 cm³/mol. The highest BCUT2D eigenvalue weighted by Crippen LogP contribution is 2.14. The lowest BCUT2D eigenvalue weighted by atomic mass is 10.1. The van der Waals surface area contributed by atoms with Gasteiger partial charge in [0, 0.05) is 38.9 Å². The highest BCUT2D eigenvalue weighted by Gasteiger charge is 2.26. The molecule has 2 heterocycles. The molecule has 0 saturated carbocycles. The van der Waals surface area contributed by atoms with Crippen molar-refractivity contribution in [3.8, 4) is 0 Å². The minimum atomic E-state index is -0.504. The van der Waals surface area contributed by atoms with Crippen LogP contribution in [-0.4, -0.2) is 78.3 Å². The number of ether oxygens (including phenoxy) is 1. The summed E-state index contributed by atoms with van der Waals surface area (Å²) in [5.41, 5.74) is 0.778. The zero-order valence-corrected chi connectivity index (χ0v) is 14.5. The number of amides is 2. The second-order valence-electron chi connectivity index (χ2n) is 5.36. The van der Waals surface area contributed by atoms with Gasteiger partial charge in [-0.1, -0.05) is 0 Å². The van der Waals surface area contributed by atoms with E-state index in [1.54, 1.807) is 43.1 Å². The molecule has 1 N–H and O–H groups in total. The van der Waals surface area contributed by atoms with Crippen LogP contribution in [0.25, 0.3) is 0 Å². The van der Waals surface area contributed by atoms with Crippen LogP contribution < -0.4 is 5.32 Å². The van der Waals surface area contributed by atoms with E-state index in [1.165, 1.54) is 4.90 Å². The molecule has 1 atom stereocenters. The fourth-order valence-electron chi connectivity index (χ4n) is 2.44. The maximum Gasteiger partial charge on any atom is 0.244 e. The molecule has 1 aromatic heterocycles. The SMILES string of the molecule is CNC(C(=O)N(C)CC(=O)N1CCOCC1)c1cnn(C)c1.Cl. The summed E-state index contributed by atoms with van der Waals surface area (Å²) in [6, 6.07) is -0.504. The van der Waals surface area contributed by atoms with E-state index < -0.39 is 6.04 Å². The molecule has 1 unspecified atom stereocenters. The van der Waals surface area contributed by atoms with Crippen LogP contribution in [0.5, 0.6) is 0 Å². The number of nitrogens with zero attached hydrogens (tertiary/aromatic N) is 4. The van der Waals surface area contributed by atoms with E-state index in [9.17, 15) is 9.59 Å². The summed E-state index contributed by atoms with van der Waals surface area (Å²) in [4.78, 5) is 27.9. The fraction of sp³-hybridized carbons (Fsp3) is 0.643. The molecule has 1 fully saturated rings. The van der Waals surface area contributed by atoms with Crippen LogP contribution in [0.2, 0.25) is 0 Å². The minimum Gasteiger partial charge on any atom is -0.378 e. The molecule has 1 aromatic rings. The molecule has 130 valence electrons. The van der Waals surface area contributed by atoms with Crippen LogP contribution in [-0.2, 0) is 21.4 Å². The Labute approximate surface area is 142 Å². The van der Waals surface area contributed by atoms with Gasteiger partial charge in [-0.15, -0.1) is 12.4 Å². The Morgan fingerprint density at radius 2 is 2.09 bits per heavy atom. The lowest BCUT2D eigenvalue weighted by Gasteiger charge is -2.29. The van der Waals surface area contributed by atoms with Gasteiger partial charge in [-0.05, 0) is 7.05 Å². The van der Waals surface area contributed by atoms with E-state index in [0.29, 0.717) is 26.3 Å². The number of halogens is 1. The summed E-state index contributed by atoms with van der Waals surface area (Å²) < 4.78 is 6.87. The summed E-state index contributed by atoms with van der Waals surface area (Å²) >= 11 is 0. The van der Waals surface area contributed by atoms with Crippen molar-refractivity contribution in [1.82, 2.24) is 24.9 Å². The van der Waals surface area contributed by atoms with Gasteiger partial charge in [0.1, 0.15) is 6.04 Å². The Kier molecular flexibility index (Phi) is 7.47. The van der Waals surface area contributed by atoms with Crippen LogP contribution in [0.1, 0.15) is 11.6 Å². The lowest BCUT2D eigenvalue weighted by molar-refractivity contribution is -0.142. The first-order valence-electron chi connectivity index (χ1n) is 7.29. The quantitative estimate of drug-likeness (QED) is 0.772. The number of hydrogen-bond acceptors (Lipinski definition) is 5. The highest BCUT2D eigenvalue weighted by atomic mass is 35.5. The minimum absolute atomic E-state index is 0. The highest BCUT2D eigenvalue weighted by molar-refractivity contribution is 5.88. The molecule has 2 rings (SSSR count). The molecule has 0 aromatic carbocycles. The molecule has 0 aliphatic carbocycles. The number of aryl methyl sites for hydroxylation is 1. The van der Waals surface area contributed by atoms with Crippen LogP contribution in [0.3, 0.4) is 0 Å². The van der Waals surface area contributed by atoms with Crippen LogP contribution in [0, 0.1) is 0 Å². The third kappa shape index (κ3) is 4.92. The molecule has 1 saturated heterocycles. The molecule has 9 heteroatoms. The van der Waals surface area contributed by atoms with E-state index in [0.717, 1.165) is 5.56 Å². The maximum absolute atomic E-state index is 12.5. The van der Waals surface area contributed by atoms with Gasteiger partial charge in [0.15, 0.2) is 0 Å². The topological polar surface area (TPSA) is 79.7 Å². The molecule has 0 bridgehead atoms. The third-order valence-corrected chi connectivity index (χ3v) is 3.71. The van der Waals surface area contributed by atoms with E-state index in [2.05, 4.69) is 10.4 Å². The zero-order chi connectivity index (χ0) is 16.1. The summed E-state index contributed by atoms with van der Waals surface area (Å²) in [7, 11) is 5.15. The van der Waals surface area contributed by atoms with E-state index in [4.69, 9.17) is 4.74 Å². The average molecular weight is 346 g/mol. The Balaban J connectivity index is 0.00000264. The molecular formula is C14H24ClN5O3. The summed E-state index contributed by atoms with van der Waals surface area (Å²) in [5, 5.41) is 7.05. The van der Waals surface area contributed by atoms with Gasteiger partial charge in [0.25, 0.3) is 0 Å². The van der Waals surface area contributed by atoms with E-state index in [1.807, 2.05) is 0 Å². The number of hydrogen-bond donors (Lipinski definition) is 1. The number of carbonyl (C=O) groups excluding carboxylic acids is 2. The largest absolute Gasteiger partial charge is 0.378 e. The molecular weight excluding hydrogens is 322 g/mol. The van der Waals surface area contributed by atoms with E-state index in [-0.39, 0.29) is 30.8 Å². The lowest BCUT2D eigenvalue weighted by Crippen LogP contribution is -2.47. The van der Waals surface area contributed by atoms with Crippen LogP contribution >= 0.6 is 12.4 Å². The van der Waals surface area contributed by atoms with Gasteiger partial charge in [-0.2, -0.15) is 5.10 Å². The number of nitrogens with one attached hydrogen (secondary N) is 1. The van der Waals surface area contributed by atoms with Gasteiger partial charge in [0.2, 0.25) is 11.8 Å². The number of morpholine rings is 1. The standard InChI is InChI=1S/C14H23N5O3.ClH/c1-15-13(11-8-16-18(3)9-11)14(21)17(2)10-12(20)19-4-6-22-7-5-19;/h8-9,13,15H,4-7,10H2,1-3H3;1H. The van der Waals surface area contributed by atoms with Crippen LogP contribution in [0.15, 0.2) is 12.4 Å². The average Bonchev–Trinajstić information content (AvgIpc) is 2.95.